The van der Waals surface area contributed by atoms with Gasteiger partial charge in [-0.1, -0.05) is 38.4 Å². The molecule has 4 rings (SSSR count). The molecular formula is C28H33ClFN5O4S. The summed E-state index contributed by atoms with van der Waals surface area (Å²) in [7, 11) is -4.36. The summed E-state index contributed by atoms with van der Waals surface area (Å²) in [6.45, 7) is 11.0. The molecule has 3 heterocycles. The fourth-order valence-corrected chi connectivity index (χ4v) is 6.07. The Morgan fingerprint density at radius 2 is 1.98 bits per heavy atom. The first-order valence-electron chi connectivity index (χ1n) is 12.9. The largest absolute Gasteiger partial charge is 0.493 e. The average molecular weight is 590 g/mol. The molecule has 3 aromatic rings. The van der Waals surface area contributed by atoms with Crippen LogP contribution in [0.3, 0.4) is 0 Å². The zero-order chi connectivity index (χ0) is 29.4. The number of hydrogen-bond donors (Lipinski definition) is 2. The van der Waals surface area contributed by atoms with Crippen molar-refractivity contribution in [2.24, 2.45) is 11.8 Å². The lowest BCUT2D eigenvalue weighted by Crippen LogP contribution is -2.41. The summed E-state index contributed by atoms with van der Waals surface area (Å²) >= 11 is 6.63. The van der Waals surface area contributed by atoms with Crippen LogP contribution in [0.4, 0.5) is 16.0 Å². The Morgan fingerprint density at radius 3 is 2.60 bits per heavy atom. The van der Waals surface area contributed by atoms with Crippen molar-refractivity contribution < 1.29 is 22.3 Å². The molecule has 0 aliphatic carbocycles. The number of rotatable bonds is 8. The first-order valence-corrected chi connectivity index (χ1v) is 14.7. The van der Waals surface area contributed by atoms with Crippen LogP contribution in [-0.2, 0) is 10.0 Å². The standard InChI is InChI=1S/C28H33ClFN5O4S/c1-16(2)15-39-20-10-18(9-19(30)11-20)25-22(29)12-21(26(33-25)35-14-17(3)13-28(35,4)5)27(36)34-40(37,38)24-8-6-7-23(31)32-24/h6-12,16-17H,13-15H2,1-5H3,(H2,31,32)(H,34,36)/t17-/m0/s1. The maximum atomic E-state index is 14.6. The van der Waals surface area contributed by atoms with Crippen molar-refractivity contribution in [3.05, 3.63) is 58.9 Å². The second kappa shape index (κ2) is 11.2. The van der Waals surface area contributed by atoms with Gasteiger partial charge in [0, 0.05) is 23.7 Å². The predicted octanol–water partition coefficient (Wildman–Crippen LogP) is 5.30. The van der Waals surface area contributed by atoms with E-state index in [2.05, 4.69) is 16.6 Å². The third-order valence-corrected chi connectivity index (χ3v) is 8.02. The fraction of sp³-hybridized carbons (Fsp3) is 0.393. The number of hydrogen-bond acceptors (Lipinski definition) is 8. The molecule has 9 nitrogen and oxygen atoms in total. The molecule has 0 bridgehead atoms. The molecule has 1 aromatic carbocycles. The third-order valence-electron chi connectivity index (χ3n) is 6.50. The summed E-state index contributed by atoms with van der Waals surface area (Å²) in [4.78, 5) is 24.0. The highest BCUT2D eigenvalue weighted by Gasteiger charge is 2.39. The number of aromatic nitrogens is 2. The number of halogens is 2. The van der Waals surface area contributed by atoms with Crippen LogP contribution in [0.5, 0.6) is 5.75 Å². The quantitative estimate of drug-likeness (QED) is 0.362. The molecule has 0 unspecified atom stereocenters. The van der Waals surface area contributed by atoms with Gasteiger partial charge in [-0.05, 0) is 62.4 Å². The van der Waals surface area contributed by atoms with Crippen LogP contribution in [0.2, 0.25) is 5.02 Å². The summed E-state index contributed by atoms with van der Waals surface area (Å²) in [5.74, 6) is -0.418. The van der Waals surface area contributed by atoms with Gasteiger partial charge in [-0.25, -0.2) is 19.1 Å². The van der Waals surface area contributed by atoms with E-state index < -0.39 is 32.3 Å². The molecule has 1 fully saturated rings. The van der Waals surface area contributed by atoms with E-state index in [4.69, 9.17) is 27.1 Å². The minimum atomic E-state index is -4.36. The van der Waals surface area contributed by atoms with Crippen molar-refractivity contribution in [1.82, 2.24) is 14.7 Å². The molecular weight excluding hydrogens is 557 g/mol. The number of benzene rings is 1. The molecule has 1 amide bonds. The van der Waals surface area contributed by atoms with Gasteiger partial charge in [0.15, 0.2) is 5.03 Å². The lowest BCUT2D eigenvalue weighted by molar-refractivity contribution is 0.0981. The van der Waals surface area contributed by atoms with E-state index in [9.17, 15) is 17.6 Å². The number of nitrogens with zero attached hydrogens (tertiary/aromatic N) is 3. The zero-order valence-electron chi connectivity index (χ0n) is 23.0. The summed E-state index contributed by atoms with van der Waals surface area (Å²) in [5.41, 5.74) is 5.78. The first-order chi connectivity index (χ1) is 18.7. The van der Waals surface area contributed by atoms with Gasteiger partial charge in [0.05, 0.1) is 22.9 Å². The number of anilines is 2. The maximum absolute atomic E-state index is 14.6. The van der Waals surface area contributed by atoms with Gasteiger partial charge in [0.1, 0.15) is 23.2 Å². The number of sulfonamides is 1. The van der Waals surface area contributed by atoms with Gasteiger partial charge in [0.25, 0.3) is 15.9 Å². The number of pyridine rings is 2. The summed E-state index contributed by atoms with van der Waals surface area (Å²) in [5, 5.41) is -0.360. The molecule has 1 saturated heterocycles. The van der Waals surface area contributed by atoms with Crippen LogP contribution in [0.15, 0.2) is 47.5 Å². The van der Waals surface area contributed by atoms with Gasteiger partial charge >= 0.3 is 0 Å². The Kier molecular flexibility index (Phi) is 8.28. The lowest BCUT2D eigenvalue weighted by Gasteiger charge is -2.34. The van der Waals surface area contributed by atoms with Crippen molar-refractivity contribution in [2.45, 2.75) is 51.6 Å². The first kappa shape index (κ1) is 29.5. The van der Waals surface area contributed by atoms with Crippen LogP contribution in [-0.4, -0.2) is 43.0 Å². The molecule has 214 valence electrons. The molecule has 40 heavy (non-hydrogen) atoms. The van der Waals surface area contributed by atoms with Crippen LogP contribution in [0, 0.1) is 17.7 Å². The topological polar surface area (TPSA) is 128 Å². The second-order valence-corrected chi connectivity index (χ2v) is 13.2. The molecule has 12 heteroatoms. The van der Waals surface area contributed by atoms with Crippen LogP contribution < -0.4 is 20.1 Å². The van der Waals surface area contributed by atoms with Crippen molar-refractivity contribution in [3.63, 3.8) is 0 Å². The Hall–Kier alpha value is -3.44. The van der Waals surface area contributed by atoms with Gasteiger partial charge in [0.2, 0.25) is 0 Å². The Bertz CT molecular complexity index is 1550. The van der Waals surface area contributed by atoms with E-state index in [1.54, 1.807) is 6.07 Å². The lowest BCUT2D eigenvalue weighted by atomic mass is 9.97. The number of nitrogen functional groups attached to an aromatic ring is 1. The summed E-state index contributed by atoms with van der Waals surface area (Å²) < 4.78 is 48.3. The number of ether oxygens (including phenoxy) is 1. The Balaban J connectivity index is 1.82. The van der Waals surface area contributed by atoms with E-state index in [-0.39, 0.29) is 39.8 Å². The highest BCUT2D eigenvalue weighted by Crippen LogP contribution is 2.40. The summed E-state index contributed by atoms with van der Waals surface area (Å²) in [6, 6.07) is 9.65. The van der Waals surface area contributed by atoms with Crippen molar-refractivity contribution in [1.29, 1.82) is 0 Å². The van der Waals surface area contributed by atoms with Crippen LogP contribution in [0.1, 0.15) is 51.4 Å². The highest BCUT2D eigenvalue weighted by molar-refractivity contribution is 7.90. The van der Waals surface area contributed by atoms with Crippen molar-refractivity contribution >= 4 is 39.2 Å². The van der Waals surface area contributed by atoms with Crippen LogP contribution >= 0.6 is 11.6 Å². The molecule has 0 saturated carbocycles. The zero-order valence-corrected chi connectivity index (χ0v) is 24.6. The summed E-state index contributed by atoms with van der Waals surface area (Å²) in [6.07, 6.45) is 0.812. The predicted molar refractivity (Wildman–Crippen MR) is 153 cm³/mol. The molecule has 0 radical (unpaired) electrons. The number of carbonyl (C=O) groups excluding carboxylic acids is 1. The molecule has 1 atom stereocenters. The van der Waals surface area contributed by atoms with Gasteiger partial charge < -0.3 is 15.4 Å². The SMILES string of the molecule is CC(C)COc1cc(F)cc(-c2nc(N3C[C@@H](C)CC3(C)C)c(C(=O)NS(=O)(=O)c3cccc(N)n3)cc2Cl)c1. The average Bonchev–Trinajstić information content (AvgIpc) is 3.13. The van der Waals surface area contributed by atoms with E-state index in [1.165, 1.54) is 36.4 Å². The minimum Gasteiger partial charge on any atom is -0.493 e. The molecule has 1 aliphatic rings. The monoisotopic (exact) mass is 589 g/mol. The van der Waals surface area contributed by atoms with E-state index in [0.717, 1.165) is 6.42 Å². The molecule has 2 aromatic heterocycles. The number of nitrogens with two attached hydrogens (primary N) is 1. The third kappa shape index (κ3) is 6.47. The van der Waals surface area contributed by atoms with Gasteiger partial charge in [-0.15, -0.1) is 0 Å². The van der Waals surface area contributed by atoms with E-state index >= 15 is 0 Å². The normalized spacial score (nSPS) is 16.8. The molecule has 0 spiro atoms. The van der Waals surface area contributed by atoms with Crippen LogP contribution in [0.25, 0.3) is 11.3 Å². The molecule has 1 aliphatic heterocycles. The highest BCUT2D eigenvalue weighted by atomic mass is 35.5. The van der Waals surface area contributed by atoms with Gasteiger partial charge in [-0.3, -0.25) is 4.79 Å². The number of carbonyl (C=O) groups is 1. The molecule has 3 N–H and O–H groups in total. The Labute approximate surface area is 239 Å². The fourth-order valence-electron chi connectivity index (χ4n) is 4.87. The van der Waals surface area contributed by atoms with E-state index in [0.29, 0.717) is 24.5 Å². The van der Waals surface area contributed by atoms with Crippen molar-refractivity contribution in [3.8, 4) is 17.0 Å². The maximum Gasteiger partial charge on any atom is 0.281 e. The Morgan fingerprint density at radius 1 is 1.25 bits per heavy atom. The second-order valence-electron chi connectivity index (χ2n) is 11.1. The van der Waals surface area contributed by atoms with E-state index in [1.807, 2.05) is 32.6 Å². The number of nitrogens with one attached hydrogen (secondary N) is 1. The van der Waals surface area contributed by atoms with Gasteiger partial charge in [-0.2, -0.15) is 8.42 Å². The number of amides is 1. The smallest absolute Gasteiger partial charge is 0.281 e. The minimum absolute atomic E-state index is 0.00952. The van der Waals surface area contributed by atoms with Crippen molar-refractivity contribution in [2.75, 3.05) is 23.8 Å².